The van der Waals surface area contributed by atoms with E-state index >= 15 is 0 Å². The summed E-state index contributed by atoms with van der Waals surface area (Å²) in [4.78, 5) is 11.4. The lowest BCUT2D eigenvalue weighted by Crippen LogP contribution is -2.07. The fourth-order valence-electron chi connectivity index (χ4n) is 1.13. The average molecular weight is 178 g/mol. The smallest absolute Gasteiger partial charge is 0.188 e. The summed E-state index contributed by atoms with van der Waals surface area (Å²) < 4.78 is 4.78. The summed E-state index contributed by atoms with van der Waals surface area (Å²) in [7, 11) is 1.53. The lowest BCUT2D eigenvalue weighted by atomic mass is 10.0. The normalized spacial score (nSPS) is 10.1. The molecule has 0 heterocycles. The second-order valence-corrected chi connectivity index (χ2v) is 3.16. The van der Waals surface area contributed by atoms with Gasteiger partial charge in [0.15, 0.2) is 5.78 Å². The van der Waals surface area contributed by atoms with E-state index in [1.165, 1.54) is 12.7 Å². The zero-order valence-corrected chi connectivity index (χ0v) is 8.26. The van der Waals surface area contributed by atoms with E-state index in [9.17, 15) is 4.79 Å². The van der Waals surface area contributed by atoms with Gasteiger partial charge in [-0.2, -0.15) is 0 Å². The van der Waals surface area contributed by atoms with Crippen molar-refractivity contribution < 1.29 is 9.53 Å². The number of aryl methyl sites for hydroxylation is 2. The van der Waals surface area contributed by atoms with Crippen LogP contribution in [0.5, 0.6) is 0 Å². The molecule has 0 aliphatic heterocycles. The van der Waals surface area contributed by atoms with E-state index in [1.807, 2.05) is 32.0 Å². The van der Waals surface area contributed by atoms with E-state index in [2.05, 4.69) is 0 Å². The van der Waals surface area contributed by atoms with Crippen molar-refractivity contribution in [3.8, 4) is 0 Å². The van der Waals surface area contributed by atoms with Crippen molar-refractivity contribution in [2.24, 2.45) is 0 Å². The van der Waals surface area contributed by atoms with Gasteiger partial charge in [0.2, 0.25) is 0 Å². The largest absolute Gasteiger partial charge is 0.377 e. The van der Waals surface area contributed by atoms with Crippen LogP contribution in [-0.2, 0) is 4.74 Å². The molecule has 0 saturated heterocycles. The number of rotatable bonds is 3. The third-order valence-corrected chi connectivity index (χ3v) is 2.10. The zero-order valence-electron chi connectivity index (χ0n) is 8.26. The van der Waals surface area contributed by atoms with Crippen LogP contribution in [0.2, 0.25) is 0 Å². The van der Waals surface area contributed by atoms with Crippen LogP contribution in [0.1, 0.15) is 21.5 Å². The van der Waals surface area contributed by atoms with Gasteiger partial charge in [0.05, 0.1) is 0 Å². The molecule has 0 unspecified atom stereocenters. The Morgan fingerprint density at radius 1 is 1.31 bits per heavy atom. The molecule has 0 N–H and O–H groups in total. The minimum atomic E-state index is 0.0330. The molecule has 13 heavy (non-hydrogen) atoms. The second-order valence-electron chi connectivity index (χ2n) is 3.16. The van der Waals surface area contributed by atoms with Crippen molar-refractivity contribution in [2.45, 2.75) is 13.8 Å². The third-order valence-electron chi connectivity index (χ3n) is 2.10. The summed E-state index contributed by atoms with van der Waals surface area (Å²) in [5.41, 5.74) is 3.07. The van der Waals surface area contributed by atoms with Crippen LogP contribution in [0.25, 0.3) is 0 Å². The van der Waals surface area contributed by atoms with E-state index < -0.39 is 0 Å². The lowest BCUT2D eigenvalue weighted by molar-refractivity contribution is 0.0848. The van der Waals surface area contributed by atoms with Crippen LogP contribution in [-0.4, -0.2) is 19.5 Å². The van der Waals surface area contributed by atoms with E-state index in [0.29, 0.717) is 0 Å². The van der Waals surface area contributed by atoms with Crippen molar-refractivity contribution in [1.82, 2.24) is 0 Å². The Labute approximate surface area is 78.5 Å². The van der Waals surface area contributed by atoms with Gasteiger partial charge in [0, 0.05) is 12.7 Å². The van der Waals surface area contributed by atoms with Gasteiger partial charge >= 0.3 is 0 Å². The number of ether oxygens (including phenoxy) is 1. The van der Waals surface area contributed by atoms with Gasteiger partial charge in [-0.1, -0.05) is 12.1 Å². The SMILES string of the molecule is COCC(=O)c1ccc(C)c(C)c1. The molecule has 0 atom stereocenters. The molecular weight excluding hydrogens is 164 g/mol. The number of carbonyl (C=O) groups is 1. The van der Waals surface area contributed by atoms with Crippen LogP contribution >= 0.6 is 0 Å². The van der Waals surface area contributed by atoms with Crippen LogP contribution < -0.4 is 0 Å². The molecule has 0 fully saturated rings. The Balaban J connectivity index is 2.90. The fraction of sp³-hybridized carbons (Fsp3) is 0.364. The Hall–Kier alpha value is -1.15. The minimum absolute atomic E-state index is 0.0330. The highest BCUT2D eigenvalue weighted by molar-refractivity contribution is 5.97. The van der Waals surface area contributed by atoms with Crippen molar-refractivity contribution >= 4 is 5.78 Å². The first-order chi connectivity index (χ1) is 6.15. The lowest BCUT2D eigenvalue weighted by Gasteiger charge is -2.03. The van der Waals surface area contributed by atoms with Gasteiger partial charge in [0.25, 0.3) is 0 Å². The highest BCUT2D eigenvalue weighted by atomic mass is 16.5. The monoisotopic (exact) mass is 178 g/mol. The van der Waals surface area contributed by atoms with E-state index in [0.717, 1.165) is 11.1 Å². The molecule has 1 rings (SSSR count). The van der Waals surface area contributed by atoms with Crippen molar-refractivity contribution in [2.75, 3.05) is 13.7 Å². The predicted molar refractivity (Wildman–Crippen MR) is 52.1 cm³/mol. The van der Waals surface area contributed by atoms with Crippen LogP contribution in [0.4, 0.5) is 0 Å². The predicted octanol–water partition coefficient (Wildman–Crippen LogP) is 2.13. The summed E-state index contributed by atoms with van der Waals surface area (Å²) in [6.07, 6.45) is 0. The summed E-state index contributed by atoms with van der Waals surface area (Å²) in [6, 6.07) is 5.69. The number of benzene rings is 1. The number of hydrogen-bond donors (Lipinski definition) is 0. The number of ketones is 1. The van der Waals surface area contributed by atoms with Crippen LogP contribution in [0.15, 0.2) is 18.2 Å². The Bertz CT molecular complexity index is 316. The molecule has 2 nitrogen and oxygen atoms in total. The molecule has 0 saturated carbocycles. The topological polar surface area (TPSA) is 26.3 Å². The molecule has 0 amide bonds. The number of Topliss-reactive ketones (excluding diaryl/α,β-unsaturated/α-hetero) is 1. The Kier molecular flexibility index (Phi) is 3.20. The standard InChI is InChI=1S/C11H14O2/c1-8-4-5-10(6-9(8)2)11(12)7-13-3/h4-6H,7H2,1-3H3. The zero-order chi connectivity index (χ0) is 9.84. The summed E-state index contributed by atoms with van der Waals surface area (Å²) in [5, 5.41) is 0. The molecule has 0 spiro atoms. The van der Waals surface area contributed by atoms with Gasteiger partial charge in [-0.15, -0.1) is 0 Å². The Morgan fingerprint density at radius 3 is 2.54 bits per heavy atom. The second kappa shape index (κ2) is 4.19. The molecular formula is C11H14O2. The maximum absolute atomic E-state index is 11.4. The fourth-order valence-corrected chi connectivity index (χ4v) is 1.13. The first kappa shape index (κ1) is 9.93. The molecule has 0 aromatic heterocycles. The summed E-state index contributed by atoms with van der Waals surface area (Å²) in [6.45, 7) is 4.18. The quantitative estimate of drug-likeness (QED) is 0.663. The Morgan fingerprint density at radius 2 is 2.00 bits per heavy atom. The van der Waals surface area contributed by atoms with Gasteiger partial charge < -0.3 is 4.74 Å². The van der Waals surface area contributed by atoms with Gasteiger partial charge in [-0.25, -0.2) is 0 Å². The van der Waals surface area contributed by atoms with Gasteiger partial charge in [-0.3, -0.25) is 4.79 Å². The van der Waals surface area contributed by atoms with Gasteiger partial charge in [-0.05, 0) is 31.0 Å². The van der Waals surface area contributed by atoms with Crippen molar-refractivity contribution in [3.63, 3.8) is 0 Å². The molecule has 2 heteroatoms. The first-order valence-electron chi connectivity index (χ1n) is 4.24. The molecule has 0 aliphatic carbocycles. The van der Waals surface area contributed by atoms with Crippen molar-refractivity contribution in [1.29, 1.82) is 0 Å². The molecule has 0 radical (unpaired) electrons. The highest BCUT2D eigenvalue weighted by Crippen LogP contribution is 2.10. The maximum atomic E-state index is 11.4. The molecule has 0 bridgehead atoms. The summed E-state index contributed by atoms with van der Waals surface area (Å²) >= 11 is 0. The average Bonchev–Trinajstić information content (AvgIpc) is 2.10. The van der Waals surface area contributed by atoms with E-state index in [4.69, 9.17) is 4.74 Å². The van der Waals surface area contributed by atoms with Gasteiger partial charge in [0.1, 0.15) is 6.61 Å². The van der Waals surface area contributed by atoms with E-state index in [1.54, 1.807) is 0 Å². The van der Waals surface area contributed by atoms with Crippen molar-refractivity contribution in [3.05, 3.63) is 34.9 Å². The highest BCUT2D eigenvalue weighted by Gasteiger charge is 2.05. The first-order valence-corrected chi connectivity index (χ1v) is 4.24. The maximum Gasteiger partial charge on any atom is 0.188 e. The minimum Gasteiger partial charge on any atom is -0.377 e. The molecule has 1 aromatic rings. The van der Waals surface area contributed by atoms with Crippen LogP contribution in [0.3, 0.4) is 0 Å². The molecule has 1 aromatic carbocycles. The molecule has 70 valence electrons. The molecule has 0 aliphatic rings. The number of methoxy groups -OCH3 is 1. The third kappa shape index (κ3) is 2.39. The van der Waals surface area contributed by atoms with Crippen LogP contribution in [0, 0.1) is 13.8 Å². The number of hydrogen-bond acceptors (Lipinski definition) is 2. The summed E-state index contributed by atoms with van der Waals surface area (Å²) in [5.74, 6) is 0.0330. The van der Waals surface area contributed by atoms with E-state index in [-0.39, 0.29) is 12.4 Å². The number of carbonyl (C=O) groups excluding carboxylic acids is 1.